The van der Waals surface area contributed by atoms with Crippen LogP contribution in [0, 0.1) is 0 Å². The van der Waals surface area contributed by atoms with Crippen molar-refractivity contribution in [2.75, 3.05) is 0 Å². The highest BCUT2D eigenvalue weighted by atomic mass is 79.9. The van der Waals surface area contributed by atoms with Gasteiger partial charge in [-0.1, -0.05) is 70.0 Å². The van der Waals surface area contributed by atoms with E-state index in [9.17, 15) is 4.79 Å². The number of fused-ring (bicyclic) bond motifs is 1. The number of nitrogens with zero attached hydrogens (tertiary/aromatic N) is 2. The molecule has 132 valence electrons. The lowest BCUT2D eigenvalue weighted by Crippen LogP contribution is -2.22. The van der Waals surface area contributed by atoms with E-state index in [0.717, 1.165) is 10.0 Å². The molecule has 0 atom stereocenters. The molecule has 0 aliphatic rings. The van der Waals surface area contributed by atoms with Gasteiger partial charge in [0.05, 0.1) is 21.6 Å². The SMILES string of the molecule is O=c1c2ccccc2nc(/C=C/c2cccc(Br)c2)n1-c1ccccc1Cl. The van der Waals surface area contributed by atoms with Gasteiger partial charge in [-0.15, -0.1) is 0 Å². The van der Waals surface area contributed by atoms with Crippen molar-refractivity contribution >= 4 is 50.6 Å². The first-order valence-corrected chi connectivity index (χ1v) is 9.51. The molecule has 1 heterocycles. The molecule has 1 aromatic heterocycles. The largest absolute Gasteiger partial charge is 0.268 e. The minimum absolute atomic E-state index is 0.150. The van der Waals surface area contributed by atoms with E-state index < -0.39 is 0 Å². The number of hydrogen-bond acceptors (Lipinski definition) is 2. The van der Waals surface area contributed by atoms with Crippen LogP contribution < -0.4 is 5.56 Å². The molecule has 0 amide bonds. The van der Waals surface area contributed by atoms with Crippen molar-refractivity contribution < 1.29 is 0 Å². The maximum Gasteiger partial charge on any atom is 0.266 e. The van der Waals surface area contributed by atoms with Gasteiger partial charge in [-0.25, -0.2) is 4.98 Å². The summed E-state index contributed by atoms with van der Waals surface area (Å²) < 4.78 is 2.54. The summed E-state index contributed by atoms with van der Waals surface area (Å²) in [6.07, 6.45) is 3.76. The third-order valence-corrected chi connectivity index (χ3v) is 4.98. The van der Waals surface area contributed by atoms with E-state index in [0.29, 0.717) is 27.4 Å². The molecule has 0 saturated heterocycles. The highest BCUT2D eigenvalue weighted by molar-refractivity contribution is 9.10. The van der Waals surface area contributed by atoms with Crippen LogP contribution in [-0.2, 0) is 0 Å². The van der Waals surface area contributed by atoms with E-state index in [2.05, 4.69) is 15.9 Å². The summed E-state index contributed by atoms with van der Waals surface area (Å²) in [6.45, 7) is 0. The van der Waals surface area contributed by atoms with E-state index >= 15 is 0 Å². The summed E-state index contributed by atoms with van der Waals surface area (Å²) in [5.74, 6) is 0.520. The number of hydrogen-bond donors (Lipinski definition) is 0. The number of aromatic nitrogens is 2. The van der Waals surface area contributed by atoms with E-state index in [1.165, 1.54) is 0 Å². The van der Waals surface area contributed by atoms with Gasteiger partial charge in [0.15, 0.2) is 0 Å². The molecule has 0 radical (unpaired) electrons. The zero-order chi connectivity index (χ0) is 18.8. The number of benzene rings is 3. The van der Waals surface area contributed by atoms with Crippen LogP contribution >= 0.6 is 27.5 Å². The van der Waals surface area contributed by atoms with Gasteiger partial charge in [0, 0.05) is 4.47 Å². The topological polar surface area (TPSA) is 34.9 Å². The first kappa shape index (κ1) is 17.7. The summed E-state index contributed by atoms with van der Waals surface area (Å²) in [7, 11) is 0. The van der Waals surface area contributed by atoms with Gasteiger partial charge in [-0.3, -0.25) is 9.36 Å². The van der Waals surface area contributed by atoms with Crippen molar-refractivity contribution in [3.8, 4) is 5.69 Å². The Morgan fingerprint density at radius 1 is 0.926 bits per heavy atom. The van der Waals surface area contributed by atoms with Crippen LogP contribution in [0.2, 0.25) is 5.02 Å². The molecule has 0 unspecified atom stereocenters. The summed E-state index contributed by atoms with van der Waals surface area (Å²) in [6, 6.07) is 22.5. The zero-order valence-corrected chi connectivity index (χ0v) is 16.5. The van der Waals surface area contributed by atoms with Gasteiger partial charge in [0.2, 0.25) is 0 Å². The van der Waals surface area contributed by atoms with Gasteiger partial charge < -0.3 is 0 Å². The highest BCUT2D eigenvalue weighted by Gasteiger charge is 2.13. The molecular weight excluding hydrogens is 424 g/mol. The minimum atomic E-state index is -0.150. The van der Waals surface area contributed by atoms with Crippen LogP contribution in [-0.4, -0.2) is 9.55 Å². The van der Waals surface area contributed by atoms with Gasteiger partial charge in [-0.2, -0.15) is 0 Å². The predicted octanol–water partition coefficient (Wildman–Crippen LogP) is 5.97. The molecule has 0 bridgehead atoms. The lowest BCUT2D eigenvalue weighted by Gasteiger charge is -2.12. The van der Waals surface area contributed by atoms with E-state index in [4.69, 9.17) is 16.6 Å². The second-order valence-electron chi connectivity index (χ2n) is 5.97. The lowest BCUT2D eigenvalue weighted by atomic mass is 10.2. The van der Waals surface area contributed by atoms with E-state index in [1.54, 1.807) is 16.7 Å². The summed E-state index contributed by atoms with van der Waals surface area (Å²) in [4.78, 5) is 17.9. The molecule has 27 heavy (non-hydrogen) atoms. The molecule has 3 aromatic carbocycles. The van der Waals surface area contributed by atoms with E-state index in [1.807, 2.05) is 72.8 Å². The Bertz CT molecular complexity index is 1230. The van der Waals surface area contributed by atoms with Gasteiger partial charge in [0.1, 0.15) is 5.82 Å². The van der Waals surface area contributed by atoms with Crippen LogP contribution in [0.25, 0.3) is 28.7 Å². The Balaban J connectivity index is 1.97. The Labute approximate surface area is 169 Å². The van der Waals surface area contributed by atoms with Crippen molar-refractivity contribution in [2.45, 2.75) is 0 Å². The fourth-order valence-electron chi connectivity index (χ4n) is 2.91. The maximum atomic E-state index is 13.2. The fraction of sp³-hybridized carbons (Fsp3) is 0. The number of para-hydroxylation sites is 2. The average molecular weight is 438 g/mol. The quantitative estimate of drug-likeness (QED) is 0.396. The molecule has 4 aromatic rings. The first-order chi connectivity index (χ1) is 13.1. The molecule has 0 saturated carbocycles. The van der Waals surface area contributed by atoms with E-state index in [-0.39, 0.29) is 5.56 Å². The Morgan fingerprint density at radius 3 is 2.52 bits per heavy atom. The van der Waals surface area contributed by atoms with Crippen LogP contribution in [0.1, 0.15) is 11.4 Å². The van der Waals surface area contributed by atoms with Crippen molar-refractivity contribution in [1.29, 1.82) is 0 Å². The highest BCUT2D eigenvalue weighted by Crippen LogP contribution is 2.22. The maximum absolute atomic E-state index is 13.2. The van der Waals surface area contributed by atoms with Gasteiger partial charge in [0.25, 0.3) is 5.56 Å². The average Bonchev–Trinajstić information content (AvgIpc) is 2.68. The van der Waals surface area contributed by atoms with Crippen LogP contribution in [0.3, 0.4) is 0 Å². The number of rotatable bonds is 3. The minimum Gasteiger partial charge on any atom is -0.268 e. The summed E-state index contributed by atoms with van der Waals surface area (Å²) in [5, 5.41) is 1.05. The summed E-state index contributed by atoms with van der Waals surface area (Å²) >= 11 is 9.85. The Morgan fingerprint density at radius 2 is 1.70 bits per heavy atom. The standard InChI is InChI=1S/C22H14BrClN2O/c23-16-7-5-6-15(14-16)12-13-21-25-19-10-3-1-8-17(19)22(27)26(21)20-11-4-2-9-18(20)24/h1-14H/b13-12+. The molecule has 0 N–H and O–H groups in total. The first-order valence-electron chi connectivity index (χ1n) is 8.34. The lowest BCUT2D eigenvalue weighted by molar-refractivity contribution is 0.944. The molecule has 3 nitrogen and oxygen atoms in total. The van der Waals surface area contributed by atoms with Crippen molar-refractivity contribution in [3.05, 3.63) is 104 Å². The third-order valence-electron chi connectivity index (χ3n) is 4.17. The van der Waals surface area contributed by atoms with Crippen LogP contribution in [0.15, 0.2) is 82.1 Å². The molecule has 0 fully saturated rings. The Hall–Kier alpha value is -2.69. The molecule has 4 rings (SSSR count). The fourth-order valence-corrected chi connectivity index (χ4v) is 3.55. The zero-order valence-electron chi connectivity index (χ0n) is 14.1. The molecular formula is C22H14BrClN2O. The van der Waals surface area contributed by atoms with Crippen molar-refractivity contribution in [2.24, 2.45) is 0 Å². The molecule has 0 aliphatic carbocycles. The second-order valence-corrected chi connectivity index (χ2v) is 7.29. The molecule has 0 spiro atoms. The van der Waals surface area contributed by atoms with Gasteiger partial charge in [-0.05, 0) is 48.0 Å². The Kier molecular flexibility index (Phi) is 4.92. The van der Waals surface area contributed by atoms with Crippen molar-refractivity contribution in [1.82, 2.24) is 9.55 Å². The second kappa shape index (κ2) is 7.51. The monoisotopic (exact) mass is 436 g/mol. The van der Waals surface area contributed by atoms with Crippen molar-refractivity contribution in [3.63, 3.8) is 0 Å². The molecule has 5 heteroatoms. The predicted molar refractivity (Wildman–Crippen MR) is 115 cm³/mol. The van der Waals surface area contributed by atoms with Crippen LogP contribution in [0.5, 0.6) is 0 Å². The smallest absolute Gasteiger partial charge is 0.266 e. The summed E-state index contributed by atoms with van der Waals surface area (Å²) in [5.41, 5.74) is 2.11. The van der Waals surface area contributed by atoms with Gasteiger partial charge >= 0.3 is 0 Å². The van der Waals surface area contributed by atoms with Crippen LogP contribution in [0.4, 0.5) is 0 Å². The number of halogens is 2. The molecule has 0 aliphatic heterocycles. The third kappa shape index (κ3) is 3.59. The normalized spacial score (nSPS) is 11.3.